The number of halogens is 3. The summed E-state index contributed by atoms with van der Waals surface area (Å²) >= 11 is 0. The fourth-order valence-corrected chi connectivity index (χ4v) is 3.96. The lowest BCUT2D eigenvalue weighted by Crippen LogP contribution is -2.44. The minimum Gasteiger partial charge on any atom is -0.480 e. The predicted octanol–water partition coefficient (Wildman–Crippen LogP) is 4.59. The van der Waals surface area contributed by atoms with Gasteiger partial charge in [0.25, 0.3) is 0 Å². The van der Waals surface area contributed by atoms with Crippen molar-refractivity contribution < 1.29 is 42.5 Å². The van der Waals surface area contributed by atoms with Gasteiger partial charge >= 0.3 is 24.2 Å². The number of carboxylic acids is 2. The summed E-state index contributed by atoms with van der Waals surface area (Å²) in [6.07, 6.45) is -2.37. The molecule has 11 heteroatoms. The topological polar surface area (TPSA) is 117 Å². The number of aliphatic carboxylic acids is 2. The third-order valence-corrected chi connectivity index (χ3v) is 5.77. The molecule has 1 heterocycles. The smallest absolute Gasteiger partial charge is 0.480 e. The van der Waals surface area contributed by atoms with Gasteiger partial charge in [0.15, 0.2) is 0 Å². The minimum absolute atomic E-state index is 0.0728. The molecule has 1 amide bonds. The first-order valence-corrected chi connectivity index (χ1v) is 11.0. The van der Waals surface area contributed by atoms with Crippen LogP contribution in [0.4, 0.5) is 18.0 Å². The molecule has 0 spiro atoms. The maximum absolute atomic E-state index is 12.7. The Hall–Kier alpha value is -4.41. The fraction of sp³-hybridized carbons (Fsp3) is 0.231. The second-order valence-corrected chi connectivity index (χ2v) is 8.14. The van der Waals surface area contributed by atoms with E-state index in [2.05, 4.69) is 17.1 Å². The molecule has 0 radical (unpaired) electrons. The maximum atomic E-state index is 12.7. The third-order valence-electron chi connectivity index (χ3n) is 5.77. The van der Waals surface area contributed by atoms with E-state index in [9.17, 15) is 27.9 Å². The van der Waals surface area contributed by atoms with E-state index in [4.69, 9.17) is 14.6 Å². The van der Waals surface area contributed by atoms with Crippen molar-refractivity contribution in [2.24, 2.45) is 0 Å². The Morgan fingerprint density at radius 2 is 1.51 bits per heavy atom. The van der Waals surface area contributed by atoms with Gasteiger partial charge in [-0.2, -0.15) is 13.2 Å². The minimum atomic E-state index is -5.08. The fourth-order valence-electron chi connectivity index (χ4n) is 3.96. The zero-order valence-corrected chi connectivity index (χ0v) is 19.6. The van der Waals surface area contributed by atoms with Crippen LogP contribution in [0.3, 0.4) is 0 Å². The van der Waals surface area contributed by atoms with Crippen molar-refractivity contribution in [2.75, 3.05) is 13.7 Å². The van der Waals surface area contributed by atoms with Crippen LogP contribution in [0.1, 0.15) is 22.6 Å². The number of alkyl halides is 3. The van der Waals surface area contributed by atoms with Gasteiger partial charge in [0.05, 0.1) is 0 Å². The Bertz CT molecular complexity index is 1220. The molecule has 3 aromatic rings. The first kappa shape index (κ1) is 27.2. The van der Waals surface area contributed by atoms with Gasteiger partial charge in [-0.15, -0.1) is 0 Å². The SMILES string of the molecule is CN(C(=O)OCC1c2ccccc2-c2ccccc21)C(Cc1cccnc1)C(=O)O.O=C(O)C(F)(F)F. The number of hydrogen-bond acceptors (Lipinski definition) is 5. The second kappa shape index (κ2) is 11.5. The van der Waals surface area contributed by atoms with E-state index in [1.54, 1.807) is 24.5 Å². The van der Waals surface area contributed by atoms with Crippen LogP contribution in [-0.4, -0.2) is 64.0 Å². The number of ether oxygens (including phenoxy) is 1. The average Bonchev–Trinajstić information content (AvgIpc) is 3.19. The maximum Gasteiger partial charge on any atom is 0.490 e. The number of benzene rings is 2. The molecule has 194 valence electrons. The number of rotatable bonds is 6. The van der Waals surface area contributed by atoms with Gasteiger partial charge in [-0.1, -0.05) is 54.6 Å². The average molecular weight is 516 g/mol. The largest absolute Gasteiger partial charge is 0.490 e. The molecule has 0 bridgehead atoms. The summed E-state index contributed by atoms with van der Waals surface area (Å²) in [5.41, 5.74) is 5.24. The van der Waals surface area contributed by atoms with Gasteiger partial charge in [-0.3, -0.25) is 9.88 Å². The Morgan fingerprint density at radius 3 is 1.97 bits per heavy atom. The van der Waals surface area contributed by atoms with Crippen molar-refractivity contribution in [1.29, 1.82) is 0 Å². The van der Waals surface area contributed by atoms with Crippen LogP contribution in [0.25, 0.3) is 11.1 Å². The van der Waals surface area contributed by atoms with Gasteiger partial charge in [-0.05, 0) is 33.9 Å². The number of carbonyl (C=O) groups excluding carboxylic acids is 1. The number of carbonyl (C=O) groups is 3. The Morgan fingerprint density at radius 1 is 0.973 bits per heavy atom. The second-order valence-electron chi connectivity index (χ2n) is 8.14. The van der Waals surface area contributed by atoms with E-state index in [0.29, 0.717) is 0 Å². The van der Waals surface area contributed by atoms with Crippen LogP contribution in [-0.2, 0) is 20.7 Å². The number of nitrogens with zero attached hydrogens (tertiary/aromatic N) is 2. The van der Waals surface area contributed by atoms with Crippen LogP contribution in [0, 0.1) is 0 Å². The normalized spacial score (nSPS) is 12.9. The summed E-state index contributed by atoms with van der Waals surface area (Å²) in [5, 5.41) is 16.7. The van der Waals surface area contributed by atoms with Crippen LogP contribution in [0.2, 0.25) is 0 Å². The van der Waals surface area contributed by atoms with Gasteiger partial charge in [0, 0.05) is 31.8 Å². The summed E-state index contributed by atoms with van der Waals surface area (Å²) in [6, 6.07) is 18.6. The highest BCUT2D eigenvalue weighted by molar-refractivity contribution is 5.81. The third kappa shape index (κ3) is 6.63. The number of hydrogen-bond donors (Lipinski definition) is 2. The van der Waals surface area contributed by atoms with Gasteiger partial charge in [-0.25, -0.2) is 14.4 Å². The Labute approximate surface area is 209 Å². The lowest BCUT2D eigenvalue weighted by atomic mass is 9.98. The molecular formula is C26H23F3N2O6. The monoisotopic (exact) mass is 516 g/mol. The highest BCUT2D eigenvalue weighted by Crippen LogP contribution is 2.44. The molecule has 8 nitrogen and oxygen atoms in total. The van der Waals surface area contributed by atoms with E-state index in [0.717, 1.165) is 32.7 Å². The van der Waals surface area contributed by atoms with Crippen LogP contribution in [0.5, 0.6) is 0 Å². The molecule has 1 aliphatic rings. The number of likely N-dealkylation sites (N-methyl/N-ethyl adjacent to an activating group) is 1. The van der Waals surface area contributed by atoms with Crippen LogP contribution < -0.4 is 0 Å². The standard InChI is InChI=1S/C24H22N2O4.C2HF3O2/c1-26(22(23(27)28)13-16-7-6-12-25-14-16)24(29)30-15-21-19-10-4-2-8-17(19)18-9-3-5-11-20(18)21;3-2(4,5)1(6)7/h2-12,14,21-22H,13,15H2,1H3,(H,27,28);(H,6,7). The molecule has 0 aliphatic heterocycles. The van der Waals surface area contributed by atoms with Gasteiger partial charge < -0.3 is 14.9 Å². The lowest BCUT2D eigenvalue weighted by molar-refractivity contribution is -0.192. The van der Waals surface area contributed by atoms with E-state index in [1.807, 2.05) is 36.4 Å². The summed E-state index contributed by atoms with van der Waals surface area (Å²) in [5.74, 6) is -3.92. The zero-order chi connectivity index (χ0) is 27.2. The summed E-state index contributed by atoms with van der Waals surface area (Å²) in [4.78, 5) is 38.5. The molecule has 0 saturated carbocycles. The Balaban J connectivity index is 0.000000479. The van der Waals surface area contributed by atoms with Crippen LogP contribution >= 0.6 is 0 Å². The number of pyridine rings is 1. The Kier molecular flexibility index (Phi) is 8.49. The van der Waals surface area contributed by atoms with Crippen molar-refractivity contribution in [3.05, 3.63) is 89.7 Å². The summed E-state index contributed by atoms with van der Waals surface area (Å²) < 4.78 is 37.3. The number of aromatic nitrogens is 1. The number of amides is 1. The molecule has 1 aliphatic carbocycles. The first-order valence-electron chi connectivity index (χ1n) is 11.0. The highest BCUT2D eigenvalue weighted by Gasteiger charge is 2.38. The van der Waals surface area contributed by atoms with Gasteiger partial charge in [0.2, 0.25) is 0 Å². The van der Waals surface area contributed by atoms with Crippen molar-refractivity contribution in [3.63, 3.8) is 0 Å². The summed E-state index contributed by atoms with van der Waals surface area (Å²) in [6.45, 7) is 0.149. The van der Waals surface area contributed by atoms with E-state index < -0.39 is 30.2 Å². The van der Waals surface area contributed by atoms with Crippen molar-refractivity contribution in [3.8, 4) is 11.1 Å². The molecule has 37 heavy (non-hydrogen) atoms. The van der Waals surface area contributed by atoms with Crippen LogP contribution in [0.15, 0.2) is 73.1 Å². The van der Waals surface area contributed by atoms with Gasteiger partial charge in [0.1, 0.15) is 12.6 Å². The zero-order valence-electron chi connectivity index (χ0n) is 19.6. The molecule has 1 unspecified atom stereocenters. The van der Waals surface area contributed by atoms with Crippen molar-refractivity contribution in [2.45, 2.75) is 24.6 Å². The highest BCUT2D eigenvalue weighted by atomic mass is 19.4. The molecule has 2 aromatic carbocycles. The van der Waals surface area contributed by atoms with E-state index >= 15 is 0 Å². The quantitative estimate of drug-likeness (QED) is 0.492. The van der Waals surface area contributed by atoms with E-state index in [1.165, 1.54) is 7.05 Å². The number of fused-ring (bicyclic) bond motifs is 3. The first-order chi connectivity index (χ1) is 17.5. The van der Waals surface area contributed by atoms with Crippen molar-refractivity contribution >= 4 is 18.0 Å². The molecular weight excluding hydrogens is 493 g/mol. The van der Waals surface area contributed by atoms with E-state index in [-0.39, 0.29) is 18.9 Å². The van der Waals surface area contributed by atoms with Crippen molar-refractivity contribution in [1.82, 2.24) is 9.88 Å². The molecule has 0 saturated heterocycles. The molecule has 0 fully saturated rings. The molecule has 2 N–H and O–H groups in total. The molecule has 4 rings (SSSR count). The number of carboxylic acid groups (broad SMARTS) is 2. The molecule has 1 aromatic heterocycles. The molecule has 1 atom stereocenters. The lowest BCUT2D eigenvalue weighted by Gasteiger charge is -2.25. The summed E-state index contributed by atoms with van der Waals surface area (Å²) in [7, 11) is 1.45. The predicted molar refractivity (Wildman–Crippen MR) is 126 cm³/mol.